The number of nitrogens with one attached hydrogen (secondary N) is 3. The van der Waals surface area contributed by atoms with E-state index in [1.165, 1.54) is 0 Å². The molecule has 0 saturated heterocycles. The van der Waals surface area contributed by atoms with E-state index in [4.69, 9.17) is 15.9 Å². The Morgan fingerprint density at radius 1 is 0.871 bits per heavy atom. The number of benzene rings is 1. The zero-order valence-electron chi connectivity index (χ0n) is 17.4. The van der Waals surface area contributed by atoms with Gasteiger partial charge in [-0.2, -0.15) is 0 Å². The first kappa shape index (κ1) is 26.0. The standard InChI is InChI=1S/C20H30N4O7/c1-11(2)16(19(29)23-15(10-26)20(30)31)24-18(28)14(9-25)22-17(27)13(21)8-12-6-4-3-5-7-12/h3-7,11,13-16,25-26H,8-10,21H2,1-2H3,(H,22,27)(H,23,29)(H,24,28)(H,30,31). The molecule has 0 aromatic heterocycles. The Labute approximate surface area is 180 Å². The van der Waals surface area contributed by atoms with E-state index in [0.29, 0.717) is 0 Å². The molecule has 3 amide bonds. The summed E-state index contributed by atoms with van der Waals surface area (Å²) in [6, 6.07) is 3.99. The number of aliphatic carboxylic acids is 1. The van der Waals surface area contributed by atoms with Crippen molar-refractivity contribution in [1.82, 2.24) is 16.0 Å². The fourth-order valence-corrected chi connectivity index (χ4v) is 2.67. The van der Waals surface area contributed by atoms with Crippen LogP contribution in [0.3, 0.4) is 0 Å². The molecular formula is C20H30N4O7. The summed E-state index contributed by atoms with van der Waals surface area (Å²) in [5.74, 6) is -4.21. The molecule has 1 rings (SSSR count). The third kappa shape index (κ3) is 8.32. The van der Waals surface area contributed by atoms with Crippen LogP contribution in [0.4, 0.5) is 0 Å². The minimum Gasteiger partial charge on any atom is -0.480 e. The van der Waals surface area contributed by atoms with Crippen molar-refractivity contribution in [1.29, 1.82) is 0 Å². The SMILES string of the molecule is CC(C)C(NC(=O)C(CO)NC(=O)C(N)Cc1ccccc1)C(=O)NC(CO)C(=O)O. The minimum atomic E-state index is -1.53. The maximum atomic E-state index is 12.5. The van der Waals surface area contributed by atoms with Gasteiger partial charge in [0.2, 0.25) is 17.7 Å². The van der Waals surface area contributed by atoms with Crippen LogP contribution in [0, 0.1) is 5.92 Å². The summed E-state index contributed by atoms with van der Waals surface area (Å²) in [5, 5.41) is 34.4. The van der Waals surface area contributed by atoms with Gasteiger partial charge in [-0.3, -0.25) is 14.4 Å². The Morgan fingerprint density at radius 2 is 1.42 bits per heavy atom. The van der Waals surface area contributed by atoms with Gasteiger partial charge in [-0.05, 0) is 17.9 Å². The average molecular weight is 438 g/mol. The largest absolute Gasteiger partial charge is 0.480 e. The molecule has 0 aliphatic carbocycles. The van der Waals surface area contributed by atoms with Crippen LogP contribution in [0.2, 0.25) is 0 Å². The number of carbonyl (C=O) groups excluding carboxylic acids is 3. The van der Waals surface area contributed by atoms with Gasteiger partial charge in [0.1, 0.15) is 18.1 Å². The highest BCUT2D eigenvalue weighted by atomic mass is 16.4. The molecule has 1 aromatic rings. The van der Waals surface area contributed by atoms with E-state index in [0.717, 1.165) is 5.56 Å². The fourth-order valence-electron chi connectivity index (χ4n) is 2.67. The molecule has 31 heavy (non-hydrogen) atoms. The van der Waals surface area contributed by atoms with Gasteiger partial charge in [0, 0.05) is 0 Å². The van der Waals surface area contributed by atoms with Gasteiger partial charge in [0.05, 0.1) is 19.3 Å². The van der Waals surface area contributed by atoms with Crippen molar-refractivity contribution in [2.24, 2.45) is 11.7 Å². The van der Waals surface area contributed by atoms with E-state index in [9.17, 15) is 24.3 Å². The van der Waals surface area contributed by atoms with Crippen LogP contribution in [0.5, 0.6) is 0 Å². The molecule has 0 bridgehead atoms. The van der Waals surface area contributed by atoms with Gasteiger partial charge in [0.15, 0.2) is 0 Å². The molecule has 0 spiro atoms. The van der Waals surface area contributed by atoms with Crippen molar-refractivity contribution in [2.45, 2.75) is 44.4 Å². The number of hydrogen-bond donors (Lipinski definition) is 7. The number of hydrogen-bond acceptors (Lipinski definition) is 7. The van der Waals surface area contributed by atoms with E-state index in [-0.39, 0.29) is 6.42 Å². The maximum Gasteiger partial charge on any atom is 0.328 e. The van der Waals surface area contributed by atoms with Crippen molar-refractivity contribution in [2.75, 3.05) is 13.2 Å². The Balaban J connectivity index is 2.76. The number of carbonyl (C=O) groups is 4. The zero-order valence-corrected chi connectivity index (χ0v) is 17.4. The average Bonchev–Trinajstić information content (AvgIpc) is 2.73. The number of aliphatic hydroxyl groups is 2. The fraction of sp³-hybridized carbons (Fsp3) is 0.500. The van der Waals surface area contributed by atoms with Gasteiger partial charge < -0.3 is 37.0 Å². The number of rotatable bonds is 12. The topological polar surface area (TPSA) is 191 Å². The van der Waals surface area contributed by atoms with E-state index in [2.05, 4.69) is 16.0 Å². The number of carboxylic acids is 1. The van der Waals surface area contributed by atoms with E-state index >= 15 is 0 Å². The van der Waals surface area contributed by atoms with Crippen LogP contribution < -0.4 is 21.7 Å². The predicted octanol–water partition coefficient (Wildman–Crippen LogP) is -2.26. The Hall–Kier alpha value is -3.02. The molecule has 4 unspecified atom stereocenters. The highest BCUT2D eigenvalue weighted by molar-refractivity contribution is 5.94. The molecular weight excluding hydrogens is 408 g/mol. The van der Waals surface area contributed by atoms with Crippen molar-refractivity contribution in [3.05, 3.63) is 35.9 Å². The Bertz CT molecular complexity index is 757. The molecule has 1 aromatic carbocycles. The number of aliphatic hydroxyl groups excluding tert-OH is 2. The Morgan fingerprint density at radius 3 is 1.90 bits per heavy atom. The normalized spacial score (nSPS) is 14.8. The lowest BCUT2D eigenvalue weighted by Crippen LogP contribution is -2.59. The smallest absolute Gasteiger partial charge is 0.328 e. The van der Waals surface area contributed by atoms with Gasteiger partial charge >= 0.3 is 5.97 Å². The summed E-state index contributed by atoms with van der Waals surface area (Å²) in [6.07, 6.45) is 0.223. The number of amides is 3. The lowest BCUT2D eigenvalue weighted by molar-refractivity contribution is -0.143. The monoisotopic (exact) mass is 438 g/mol. The summed E-state index contributed by atoms with van der Waals surface area (Å²) in [5.41, 5.74) is 6.70. The summed E-state index contributed by atoms with van der Waals surface area (Å²) in [4.78, 5) is 48.2. The van der Waals surface area contributed by atoms with E-state index in [1.54, 1.807) is 38.1 Å². The van der Waals surface area contributed by atoms with Gasteiger partial charge in [-0.1, -0.05) is 44.2 Å². The first-order valence-corrected chi connectivity index (χ1v) is 9.75. The van der Waals surface area contributed by atoms with Crippen molar-refractivity contribution < 1.29 is 34.5 Å². The summed E-state index contributed by atoms with van der Waals surface area (Å²) in [7, 11) is 0. The van der Waals surface area contributed by atoms with Crippen LogP contribution >= 0.6 is 0 Å². The van der Waals surface area contributed by atoms with Crippen LogP contribution in [-0.4, -0.2) is 76.4 Å². The second kappa shape index (κ2) is 12.6. The second-order valence-corrected chi connectivity index (χ2v) is 7.35. The number of carboxylic acid groups (broad SMARTS) is 1. The van der Waals surface area contributed by atoms with Crippen molar-refractivity contribution >= 4 is 23.7 Å². The molecule has 4 atom stereocenters. The molecule has 0 saturated carbocycles. The maximum absolute atomic E-state index is 12.5. The van der Waals surface area contributed by atoms with Crippen molar-refractivity contribution in [3.8, 4) is 0 Å². The van der Waals surface area contributed by atoms with Gasteiger partial charge in [-0.15, -0.1) is 0 Å². The highest BCUT2D eigenvalue weighted by Gasteiger charge is 2.31. The molecule has 0 aliphatic rings. The van der Waals surface area contributed by atoms with Crippen LogP contribution in [0.15, 0.2) is 30.3 Å². The molecule has 11 heteroatoms. The first-order valence-electron chi connectivity index (χ1n) is 9.75. The first-order chi connectivity index (χ1) is 14.6. The Kier molecular flexibility index (Phi) is 10.6. The summed E-state index contributed by atoms with van der Waals surface area (Å²) >= 11 is 0. The van der Waals surface area contributed by atoms with Crippen LogP contribution in [0.1, 0.15) is 19.4 Å². The van der Waals surface area contributed by atoms with Crippen molar-refractivity contribution in [3.63, 3.8) is 0 Å². The molecule has 0 aliphatic heterocycles. The molecule has 0 heterocycles. The molecule has 8 N–H and O–H groups in total. The van der Waals surface area contributed by atoms with E-state index in [1.807, 2.05) is 6.07 Å². The van der Waals surface area contributed by atoms with Gasteiger partial charge in [-0.25, -0.2) is 4.79 Å². The van der Waals surface area contributed by atoms with E-state index < -0.39 is 67.0 Å². The van der Waals surface area contributed by atoms with Crippen LogP contribution in [0.25, 0.3) is 0 Å². The van der Waals surface area contributed by atoms with Gasteiger partial charge in [0.25, 0.3) is 0 Å². The third-order valence-corrected chi connectivity index (χ3v) is 4.49. The van der Waals surface area contributed by atoms with Crippen LogP contribution in [-0.2, 0) is 25.6 Å². The predicted molar refractivity (Wildman–Crippen MR) is 111 cm³/mol. The molecule has 172 valence electrons. The third-order valence-electron chi connectivity index (χ3n) is 4.49. The highest BCUT2D eigenvalue weighted by Crippen LogP contribution is 2.05. The summed E-state index contributed by atoms with van der Waals surface area (Å²) < 4.78 is 0. The second-order valence-electron chi connectivity index (χ2n) is 7.35. The summed E-state index contributed by atoms with van der Waals surface area (Å²) in [6.45, 7) is 1.66. The zero-order chi connectivity index (χ0) is 23.6. The number of nitrogens with two attached hydrogens (primary N) is 1. The lowest BCUT2D eigenvalue weighted by atomic mass is 10.0. The minimum absolute atomic E-state index is 0.223. The molecule has 0 radical (unpaired) electrons. The molecule has 0 fully saturated rings. The lowest BCUT2D eigenvalue weighted by Gasteiger charge is -2.26. The molecule has 11 nitrogen and oxygen atoms in total. The quantitative estimate of drug-likeness (QED) is 0.190.